The highest BCUT2D eigenvalue weighted by Gasteiger charge is 2.16. The van der Waals surface area contributed by atoms with Gasteiger partial charge < -0.3 is 10.4 Å². The Labute approximate surface area is 126 Å². The smallest absolute Gasteiger partial charge is 0.305 e. The standard InChI is InChI=1S/C14H14ClN3O3/c1-8(6-13(19)20)16-14(21)12-7-11(17-18-12)9-4-2-3-5-10(9)15/h2-5,7-8H,6H2,1H3,(H,16,21)(H,17,18)(H,19,20)/t8-/m1/s1. The van der Waals surface area contributed by atoms with Crippen molar-refractivity contribution in [3.8, 4) is 11.3 Å². The molecule has 1 amide bonds. The lowest BCUT2D eigenvalue weighted by Gasteiger charge is -2.09. The van der Waals surface area contributed by atoms with E-state index in [2.05, 4.69) is 15.5 Å². The predicted octanol–water partition coefficient (Wildman–Crippen LogP) is 2.32. The van der Waals surface area contributed by atoms with Crippen LogP contribution >= 0.6 is 11.6 Å². The van der Waals surface area contributed by atoms with Crippen LogP contribution in [0.4, 0.5) is 0 Å². The molecule has 1 aromatic carbocycles. The van der Waals surface area contributed by atoms with Gasteiger partial charge in [0.15, 0.2) is 0 Å². The number of nitrogens with zero attached hydrogens (tertiary/aromatic N) is 1. The van der Waals surface area contributed by atoms with Crippen LogP contribution in [0.25, 0.3) is 11.3 Å². The van der Waals surface area contributed by atoms with Crippen LogP contribution in [-0.2, 0) is 4.79 Å². The summed E-state index contributed by atoms with van der Waals surface area (Å²) in [5.41, 5.74) is 1.52. The van der Waals surface area contributed by atoms with E-state index < -0.39 is 17.9 Å². The zero-order valence-corrected chi connectivity index (χ0v) is 12.0. The number of carbonyl (C=O) groups excluding carboxylic acids is 1. The number of hydrogen-bond donors (Lipinski definition) is 3. The lowest BCUT2D eigenvalue weighted by Crippen LogP contribution is -2.34. The van der Waals surface area contributed by atoms with Gasteiger partial charge in [-0.05, 0) is 19.1 Å². The van der Waals surface area contributed by atoms with E-state index >= 15 is 0 Å². The van der Waals surface area contributed by atoms with E-state index in [4.69, 9.17) is 16.7 Å². The monoisotopic (exact) mass is 307 g/mol. The molecule has 0 saturated heterocycles. The quantitative estimate of drug-likeness (QED) is 0.790. The molecule has 1 atom stereocenters. The highest BCUT2D eigenvalue weighted by Crippen LogP contribution is 2.26. The molecule has 0 unspecified atom stereocenters. The van der Waals surface area contributed by atoms with E-state index in [1.165, 1.54) is 0 Å². The van der Waals surface area contributed by atoms with Crippen molar-refractivity contribution in [1.82, 2.24) is 15.5 Å². The zero-order chi connectivity index (χ0) is 15.4. The first kappa shape index (κ1) is 15.1. The van der Waals surface area contributed by atoms with Crippen molar-refractivity contribution in [2.45, 2.75) is 19.4 Å². The molecule has 7 heteroatoms. The van der Waals surface area contributed by atoms with E-state index in [0.717, 1.165) is 0 Å². The van der Waals surface area contributed by atoms with Crippen LogP contribution in [0.15, 0.2) is 30.3 Å². The highest BCUT2D eigenvalue weighted by molar-refractivity contribution is 6.33. The number of halogens is 1. The fourth-order valence-corrected chi connectivity index (χ4v) is 2.09. The zero-order valence-electron chi connectivity index (χ0n) is 11.3. The molecule has 1 aromatic heterocycles. The molecule has 2 rings (SSSR count). The molecular formula is C14H14ClN3O3. The summed E-state index contributed by atoms with van der Waals surface area (Å²) < 4.78 is 0. The molecule has 6 nitrogen and oxygen atoms in total. The number of H-pyrrole nitrogens is 1. The molecule has 2 aromatic rings. The summed E-state index contributed by atoms with van der Waals surface area (Å²) >= 11 is 6.07. The van der Waals surface area contributed by atoms with Gasteiger partial charge in [0.1, 0.15) is 5.69 Å². The number of amides is 1. The van der Waals surface area contributed by atoms with E-state index in [9.17, 15) is 9.59 Å². The minimum absolute atomic E-state index is 0.142. The predicted molar refractivity (Wildman–Crippen MR) is 78.2 cm³/mol. The largest absolute Gasteiger partial charge is 0.481 e. The summed E-state index contributed by atoms with van der Waals surface area (Å²) in [4.78, 5) is 22.5. The van der Waals surface area contributed by atoms with E-state index in [-0.39, 0.29) is 12.1 Å². The van der Waals surface area contributed by atoms with Gasteiger partial charge in [-0.3, -0.25) is 14.7 Å². The number of carboxylic acids is 1. The fourth-order valence-electron chi connectivity index (χ4n) is 1.86. The molecule has 110 valence electrons. The Hall–Kier alpha value is -2.34. The maximum absolute atomic E-state index is 12.0. The van der Waals surface area contributed by atoms with E-state index in [0.29, 0.717) is 16.3 Å². The first-order chi connectivity index (χ1) is 9.97. The van der Waals surface area contributed by atoms with Crippen LogP contribution in [0, 0.1) is 0 Å². The Kier molecular flexibility index (Phi) is 4.59. The molecule has 0 radical (unpaired) electrons. The van der Waals surface area contributed by atoms with Gasteiger partial charge in [0.2, 0.25) is 0 Å². The molecule has 0 spiro atoms. The number of aliphatic carboxylic acids is 1. The Morgan fingerprint density at radius 3 is 2.81 bits per heavy atom. The van der Waals surface area contributed by atoms with Gasteiger partial charge in [0.05, 0.1) is 17.1 Å². The van der Waals surface area contributed by atoms with Gasteiger partial charge in [-0.25, -0.2) is 0 Å². The lowest BCUT2D eigenvalue weighted by molar-refractivity contribution is -0.137. The van der Waals surface area contributed by atoms with E-state index in [1.807, 2.05) is 6.07 Å². The van der Waals surface area contributed by atoms with Crippen LogP contribution in [0.2, 0.25) is 5.02 Å². The average Bonchev–Trinajstić information content (AvgIpc) is 2.87. The molecule has 0 fully saturated rings. The van der Waals surface area contributed by atoms with Gasteiger partial charge in [-0.2, -0.15) is 5.10 Å². The minimum atomic E-state index is -0.968. The number of nitrogens with one attached hydrogen (secondary N) is 2. The summed E-state index contributed by atoms with van der Waals surface area (Å²) in [6.07, 6.45) is -0.142. The van der Waals surface area contributed by atoms with Crippen molar-refractivity contribution in [2.24, 2.45) is 0 Å². The van der Waals surface area contributed by atoms with Crippen molar-refractivity contribution < 1.29 is 14.7 Å². The Morgan fingerprint density at radius 2 is 2.14 bits per heavy atom. The number of aromatic nitrogens is 2. The second kappa shape index (κ2) is 6.41. The lowest BCUT2D eigenvalue weighted by atomic mass is 10.1. The van der Waals surface area contributed by atoms with Gasteiger partial charge in [-0.15, -0.1) is 0 Å². The van der Waals surface area contributed by atoms with Crippen molar-refractivity contribution in [3.63, 3.8) is 0 Å². The third kappa shape index (κ3) is 3.82. The first-order valence-corrected chi connectivity index (χ1v) is 6.68. The number of aromatic amines is 1. The molecule has 0 aliphatic heterocycles. The van der Waals surface area contributed by atoms with Gasteiger partial charge >= 0.3 is 5.97 Å². The Morgan fingerprint density at radius 1 is 1.43 bits per heavy atom. The van der Waals surface area contributed by atoms with Crippen LogP contribution in [-0.4, -0.2) is 33.2 Å². The molecule has 0 bridgehead atoms. The molecule has 1 heterocycles. The second-order valence-electron chi connectivity index (χ2n) is 4.62. The molecule has 0 saturated carbocycles. The summed E-state index contributed by atoms with van der Waals surface area (Å²) in [6, 6.07) is 8.27. The SMILES string of the molecule is C[C@H](CC(=O)O)NC(=O)c1cc(-c2ccccc2Cl)n[nH]1. The summed E-state index contributed by atoms with van der Waals surface area (Å²) in [5.74, 6) is -1.38. The maximum Gasteiger partial charge on any atom is 0.305 e. The number of benzene rings is 1. The number of carbonyl (C=O) groups is 2. The minimum Gasteiger partial charge on any atom is -0.481 e. The van der Waals surface area contributed by atoms with Gasteiger partial charge in [-0.1, -0.05) is 29.8 Å². The third-order valence-electron chi connectivity index (χ3n) is 2.83. The molecule has 0 aliphatic carbocycles. The summed E-state index contributed by atoms with van der Waals surface area (Å²) in [6.45, 7) is 1.62. The summed E-state index contributed by atoms with van der Waals surface area (Å²) in [7, 11) is 0. The number of hydrogen-bond acceptors (Lipinski definition) is 3. The van der Waals surface area contributed by atoms with Crippen molar-refractivity contribution >= 4 is 23.5 Å². The summed E-state index contributed by atoms with van der Waals surface area (Å²) in [5, 5.41) is 18.5. The topological polar surface area (TPSA) is 95.1 Å². The van der Waals surface area contributed by atoms with Gasteiger partial charge in [0, 0.05) is 11.6 Å². The molecular weight excluding hydrogens is 294 g/mol. The maximum atomic E-state index is 12.0. The van der Waals surface area contributed by atoms with Crippen molar-refractivity contribution in [3.05, 3.63) is 41.0 Å². The Balaban J connectivity index is 2.11. The van der Waals surface area contributed by atoms with Crippen LogP contribution in [0.1, 0.15) is 23.8 Å². The van der Waals surface area contributed by atoms with Crippen LogP contribution in [0.5, 0.6) is 0 Å². The van der Waals surface area contributed by atoms with Crippen LogP contribution < -0.4 is 5.32 Å². The molecule has 0 aliphatic rings. The van der Waals surface area contributed by atoms with Gasteiger partial charge in [0.25, 0.3) is 5.91 Å². The second-order valence-corrected chi connectivity index (χ2v) is 5.03. The normalized spacial score (nSPS) is 11.9. The van der Waals surface area contributed by atoms with Crippen molar-refractivity contribution in [2.75, 3.05) is 0 Å². The van der Waals surface area contributed by atoms with Crippen LogP contribution in [0.3, 0.4) is 0 Å². The first-order valence-electron chi connectivity index (χ1n) is 6.30. The number of rotatable bonds is 5. The third-order valence-corrected chi connectivity index (χ3v) is 3.16. The highest BCUT2D eigenvalue weighted by atomic mass is 35.5. The number of carboxylic acid groups (broad SMARTS) is 1. The Bertz CT molecular complexity index is 669. The average molecular weight is 308 g/mol. The molecule has 3 N–H and O–H groups in total. The van der Waals surface area contributed by atoms with Crippen molar-refractivity contribution in [1.29, 1.82) is 0 Å². The fraction of sp³-hybridized carbons (Fsp3) is 0.214. The van der Waals surface area contributed by atoms with E-state index in [1.54, 1.807) is 31.2 Å². The molecule has 21 heavy (non-hydrogen) atoms.